The second kappa shape index (κ2) is 6.18. The molecule has 0 aromatic carbocycles. The summed E-state index contributed by atoms with van der Waals surface area (Å²) in [6, 6.07) is 0.594. The number of carbonyl (C=O) groups is 2. The molecule has 8 heteroatoms. The van der Waals surface area contributed by atoms with Gasteiger partial charge in [0.05, 0.1) is 0 Å². The van der Waals surface area contributed by atoms with Crippen LogP contribution < -0.4 is 21.9 Å². The van der Waals surface area contributed by atoms with Gasteiger partial charge in [-0.05, 0) is 19.3 Å². The smallest absolute Gasteiger partial charge is 0.328 e. The Hall–Kier alpha value is -2.38. The SMILES string of the molecule is O=C(Cn1ccc(=O)[nH]c1=O)N[C@@H]1CCCCNC1=O. The Morgan fingerprint density at radius 2 is 2.15 bits per heavy atom. The summed E-state index contributed by atoms with van der Waals surface area (Å²) >= 11 is 0. The van der Waals surface area contributed by atoms with Gasteiger partial charge in [0.2, 0.25) is 11.8 Å². The number of aromatic amines is 1. The van der Waals surface area contributed by atoms with Gasteiger partial charge in [0, 0.05) is 18.8 Å². The lowest BCUT2D eigenvalue weighted by atomic mass is 10.1. The van der Waals surface area contributed by atoms with Crippen LogP contribution in [0.25, 0.3) is 0 Å². The number of nitrogens with one attached hydrogen (secondary N) is 3. The van der Waals surface area contributed by atoms with Crippen LogP contribution in [0, 0.1) is 0 Å². The Bertz CT molecular complexity index is 618. The Morgan fingerprint density at radius 1 is 1.35 bits per heavy atom. The summed E-state index contributed by atoms with van der Waals surface area (Å²) in [6.45, 7) is 0.379. The first-order valence-corrected chi connectivity index (χ1v) is 6.43. The standard InChI is InChI=1S/C12H16N4O4/c17-9-4-6-16(12(20)15-9)7-10(18)14-8-3-1-2-5-13-11(8)19/h4,6,8H,1-3,5,7H2,(H,13,19)(H,14,18)(H,15,17,20)/t8-/m1/s1. The largest absolute Gasteiger partial charge is 0.354 e. The zero-order valence-corrected chi connectivity index (χ0v) is 10.8. The fourth-order valence-electron chi connectivity index (χ4n) is 2.04. The molecule has 1 aromatic heterocycles. The van der Waals surface area contributed by atoms with Gasteiger partial charge in [-0.3, -0.25) is 23.9 Å². The molecule has 0 spiro atoms. The van der Waals surface area contributed by atoms with Gasteiger partial charge >= 0.3 is 5.69 Å². The van der Waals surface area contributed by atoms with E-state index in [-0.39, 0.29) is 12.5 Å². The first kappa shape index (κ1) is 14.0. The van der Waals surface area contributed by atoms with Crippen LogP contribution in [-0.2, 0) is 16.1 Å². The third-order valence-corrected chi connectivity index (χ3v) is 3.08. The van der Waals surface area contributed by atoms with E-state index < -0.39 is 23.2 Å². The predicted molar refractivity (Wildman–Crippen MR) is 70.1 cm³/mol. The summed E-state index contributed by atoms with van der Waals surface area (Å²) in [5.74, 6) is -0.647. The zero-order valence-electron chi connectivity index (χ0n) is 10.8. The van der Waals surface area contributed by atoms with E-state index in [2.05, 4.69) is 15.6 Å². The maximum atomic E-state index is 11.8. The van der Waals surface area contributed by atoms with Crippen molar-refractivity contribution >= 4 is 11.8 Å². The summed E-state index contributed by atoms with van der Waals surface area (Å²) < 4.78 is 1.07. The maximum absolute atomic E-state index is 11.8. The number of amides is 2. The van der Waals surface area contributed by atoms with Crippen molar-refractivity contribution in [1.29, 1.82) is 0 Å². The first-order valence-electron chi connectivity index (χ1n) is 6.43. The molecule has 2 amide bonds. The van der Waals surface area contributed by atoms with Crippen LogP contribution >= 0.6 is 0 Å². The highest BCUT2D eigenvalue weighted by Gasteiger charge is 2.22. The van der Waals surface area contributed by atoms with Gasteiger partial charge < -0.3 is 10.6 Å². The molecule has 1 atom stereocenters. The highest BCUT2D eigenvalue weighted by atomic mass is 16.2. The summed E-state index contributed by atoms with van der Waals surface area (Å²) in [6.07, 6.45) is 3.56. The molecule has 0 saturated carbocycles. The number of aromatic nitrogens is 2. The lowest BCUT2D eigenvalue weighted by Gasteiger charge is -2.15. The Morgan fingerprint density at radius 3 is 2.90 bits per heavy atom. The Balaban J connectivity index is 1.99. The number of hydrogen-bond donors (Lipinski definition) is 3. The number of H-pyrrole nitrogens is 1. The lowest BCUT2D eigenvalue weighted by molar-refractivity contribution is -0.129. The van der Waals surface area contributed by atoms with Gasteiger partial charge in [0.15, 0.2) is 0 Å². The molecule has 1 saturated heterocycles. The van der Waals surface area contributed by atoms with Crippen LogP contribution in [0.1, 0.15) is 19.3 Å². The van der Waals surface area contributed by atoms with Crippen molar-refractivity contribution in [3.63, 3.8) is 0 Å². The van der Waals surface area contributed by atoms with E-state index in [1.165, 1.54) is 6.20 Å². The fraction of sp³-hybridized carbons (Fsp3) is 0.500. The number of carbonyl (C=O) groups excluding carboxylic acids is 2. The average Bonchev–Trinajstić information content (AvgIpc) is 2.59. The van der Waals surface area contributed by atoms with Crippen molar-refractivity contribution in [3.8, 4) is 0 Å². The van der Waals surface area contributed by atoms with Gasteiger partial charge in [-0.15, -0.1) is 0 Å². The molecule has 108 valence electrons. The van der Waals surface area contributed by atoms with E-state index in [0.29, 0.717) is 13.0 Å². The maximum Gasteiger partial charge on any atom is 0.328 e. The molecule has 1 aromatic rings. The van der Waals surface area contributed by atoms with Gasteiger partial charge in [-0.2, -0.15) is 0 Å². The zero-order chi connectivity index (χ0) is 14.5. The van der Waals surface area contributed by atoms with Crippen molar-refractivity contribution in [2.75, 3.05) is 6.54 Å². The fourth-order valence-corrected chi connectivity index (χ4v) is 2.04. The third kappa shape index (κ3) is 3.56. The highest BCUT2D eigenvalue weighted by Crippen LogP contribution is 2.05. The molecular weight excluding hydrogens is 264 g/mol. The summed E-state index contributed by atoms with van der Waals surface area (Å²) in [5, 5.41) is 5.31. The molecule has 0 radical (unpaired) electrons. The first-order chi connectivity index (χ1) is 9.56. The van der Waals surface area contributed by atoms with Crippen LogP contribution in [0.2, 0.25) is 0 Å². The number of hydrogen-bond acceptors (Lipinski definition) is 4. The van der Waals surface area contributed by atoms with E-state index in [1.54, 1.807) is 0 Å². The molecule has 8 nitrogen and oxygen atoms in total. The molecule has 2 rings (SSSR count). The monoisotopic (exact) mass is 280 g/mol. The summed E-state index contributed by atoms with van der Waals surface area (Å²) in [4.78, 5) is 47.9. The summed E-state index contributed by atoms with van der Waals surface area (Å²) in [7, 11) is 0. The van der Waals surface area contributed by atoms with Crippen molar-refractivity contribution in [2.45, 2.75) is 31.8 Å². The van der Waals surface area contributed by atoms with Crippen molar-refractivity contribution in [1.82, 2.24) is 20.2 Å². The van der Waals surface area contributed by atoms with Crippen LogP contribution in [0.4, 0.5) is 0 Å². The van der Waals surface area contributed by atoms with Crippen LogP contribution in [0.3, 0.4) is 0 Å². The second-order valence-corrected chi connectivity index (χ2v) is 4.64. The van der Waals surface area contributed by atoms with Gasteiger partial charge in [0.1, 0.15) is 12.6 Å². The van der Waals surface area contributed by atoms with Crippen molar-refractivity contribution in [3.05, 3.63) is 33.1 Å². The predicted octanol–water partition coefficient (Wildman–Crippen LogP) is -1.68. The molecule has 20 heavy (non-hydrogen) atoms. The Kier molecular flexibility index (Phi) is 4.34. The molecule has 0 aliphatic carbocycles. The van der Waals surface area contributed by atoms with Gasteiger partial charge in [-0.1, -0.05) is 0 Å². The minimum absolute atomic E-state index is 0.204. The second-order valence-electron chi connectivity index (χ2n) is 4.64. The van der Waals surface area contributed by atoms with E-state index in [9.17, 15) is 19.2 Å². The van der Waals surface area contributed by atoms with Crippen LogP contribution in [-0.4, -0.2) is 34.0 Å². The third-order valence-electron chi connectivity index (χ3n) is 3.08. The van der Waals surface area contributed by atoms with Gasteiger partial charge in [-0.25, -0.2) is 4.79 Å². The van der Waals surface area contributed by atoms with E-state index >= 15 is 0 Å². The number of rotatable bonds is 3. The van der Waals surface area contributed by atoms with E-state index in [4.69, 9.17) is 0 Å². The Labute approximate surface area is 114 Å². The quantitative estimate of drug-likeness (QED) is 0.614. The van der Waals surface area contributed by atoms with Crippen molar-refractivity contribution < 1.29 is 9.59 Å². The lowest BCUT2D eigenvalue weighted by Crippen LogP contribution is -2.47. The van der Waals surface area contributed by atoms with Crippen LogP contribution in [0.5, 0.6) is 0 Å². The molecule has 2 heterocycles. The summed E-state index contributed by atoms with van der Waals surface area (Å²) in [5.41, 5.74) is -1.17. The normalized spacial score (nSPS) is 19.0. The minimum Gasteiger partial charge on any atom is -0.354 e. The molecule has 3 N–H and O–H groups in total. The molecule has 1 aliphatic heterocycles. The average molecular weight is 280 g/mol. The molecule has 1 aliphatic rings. The molecule has 0 bridgehead atoms. The molecule has 0 unspecified atom stereocenters. The minimum atomic E-state index is -0.655. The molecular formula is C12H16N4O4. The number of nitrogens with zero attached hydrogens (tertiary/aromatic N) is 1. The van der Waals surface area contributed by atoms with E-state index in [0.717, 1.165) is 23.5 Å². The van der Waals surface area contributed by atoms with Crippen LogP contribution in [0.15, 0.2) is 21.9 Å². The molecule has 1 fully saturated rings. The topological polar surface area (TPSA) is 113 Å². The van der Waals surface area contributed by atoms with Crippen molar-refractivity contribution in [2.24, 2.45) is 0 Å². The highest BCUT2D eigenvalue weighted by molar-refractivity contribution is 5.87. The van der Waals surface area contributed by atoms with E-state index in [1.807, 2.05) is 0 Å². The van der Waals surface area contributed by atoms with Gasteiger partial charge in [0.25, 0.3) is 5.56 Å².